The number of H-pyrrole nitrogens is 1. The summed E-state index contributed by atoms with van der Waals surface area (Å²) in [6.45, 7) is 3.91. The lowest BCUT2D eigenvalue weighted by atomic mass is 9.89. The van der Waals surface area contributed by atoms with E-state index in [1.165, 1.54) is 47.7 Å². The van der Waals surface area contributed by atoms with E-state index in [0.29, 0.717) is 17.3 Å². The van der Waals surface area contributed by atoms with Crippen LogP contribution in [0.2, 0.25) is 0 Å². The van der Waals surface area contributed by atoms with Crippen LogP contribution in [-0.2, 0) is 17.6 Å². The Morgan fingerprint density at radius 2 is 2.12 bits per heavy atom. The van der Waals surface area contributed by atoms with Crippen molar-refractivity contribution >= 4 is 17.7 Å². The number of carbonyl (C=O) groups excluding carboxylic acids is 1. The summed E-state index contributed by atoms with van der Waals surface area (Å²) in [5.41, 5.74) is 4.12. The molecule has 1 aliphatic carbocycles. The molecular weight excluding hydrogens is 320 g/mol. The van der Waals surface area contributed by atoms with E-state index < -0.39 is 0 Å². The Kier molecular flexibility index (Phi) is 5.56. The van der Waals surface area contributed by atoms with E-state index in [-0.39, 0.29) is 11.9 Å². The average molecular weight is 344 g/mol. The third-order valence-corrected chi connectivity index (χ3v) is 5.24. The van der Waals surface area contributed by atoms with Crippen LogP contribution < -0.4 is 5.32 Å². The number of hydrogen-bond acceptors (Lipinski definition) is 4. The zero-order chi connectivity index (χ0) is 16.9. The highest BCUT2D eigenvalue weighted by molar-refractivity contribution is 7.99. The van der Waals surface area contributed by atoms with E-state index in [2.05, 4.69) is 38.7 Å². The Morgan fingerprint density at radius 1 is 1.33 bits per heavy atom. The van der Waals surface area contributed by atoms with Crippen LogP contribution in [0.5, 0.6) is 0 Å². The van der Waals surface area contributed by atoms with Crippen LogP contribution >= 0.6 is 11.8 Å². The van der Waals surface area contributed by atoms with Crippen molar-refractivity contribution in [3.8, 4) is 0 Å². The second kappa shape index (κ2) is 7.83. The average Bonchev–Trinajstić information content (AvgIpc) is 2.99. The first-order chi connectivity index (χ1) is 11.6. The lowest BCUT2D eigenvalue weighted by Gasteiger charge is -2.20. The highest BCUT2D eigenvalue weighted by Gasteiger charge is 2.14. The van der Waals surface area contributed by atoms with Crippen LogP contribution in [0.3, 0.4) is 0 Å². The molecule has 1 aliphatic rings. The van der Waals surface area contributed by atoms with Gasteiger partial charge in [-0.25, -0.2) is 4.98 Å². The van der Waals surface area contributed by atoms with Crippen LogP contribution in [0.25, 0.3) is 0 Å². The number of carbonyl (C=O) groups is 1. The first-order valence-electron chi connectivity index (χ1n) is 8.54. The van der Waals surface area contributed by atoms with Gasteiger partial charge in [0.25, 0.3) is 0 Å². The number of thioether (sulfide) groups is 1. The Morgan fingerprint density at radius 3 is 2.88 bits per heavy atom. The van der Waals surface area contributed by atoms with E-state index in [4.69, 9.17) is 0 Å². The molecule has 0 spiro atoms. The minimum Gasteiger partial charge on any atom is -0.350 e. The highest BCUT2D eigenvalue weighted by Crippen LogP contribution is 2.24. The van der Waals surface area contributed by atoms with Gasteiger partial charge in [-0.2, -0.15) is 0 Å². The minimum absolute atomic E-state index is 0.0421. The number of aromatic amines is 1. The Hall–Kier alpha value is -1.82. The highest BCUT2D eigenvalue weighted by atomic mass is 32.2. The molecule has 1 aromatic heterocycles. The van der Waals surface area contributed by atoms with Crippen molar-refractivity contribution in [2.45, 2.75) is 57.1 Å². The van der Waals surface area contributed by atoms with Gasteiger partial charge < -0.3 is 5.32 Å². The van der Waals surface area contributed by atoms with E-state index >= 15 is 0 Å². The minimum atomic E-state index is 0.0421. The zero-order valence-corrected chi connectivity index (χ0v) is 15.1. The molecule has 1 heterocycles. The molecule has 1 unspecified atom stereocenters. The molecule has 0 bridgehead atoms. The number of benzene rings is 1. The monoisotopic (exact) mass is 344 g/mol. The van der Waals surface area contributed by atoms with Gasteiger partial charge in [-0.3, -0.25) is 9.89 Å². The molecule has 2 aromatic rings. The van der Waals surface area contributed by atoms with Gasteiger partial charge in [0, 0.05) is 12.2 Å². The number of nitrogens with one attached hydrogen (secondary N) is 2. The molecule has 5 nitrogen and oxygen atoms in total. The van der Waals surface area contributed by atoms with Gasteiger partial charge in [0.2, 0.25) is 11.1 Å². The maximum Gasteiger partial charge on any atom is 0.221 e. The largest absolute Gasteiger partial charge is 0.350 e. The van der Waals surface area contributed by atoms with Crippen molar-refractivity contribution in [1.82, 2.24) is 20.5 Å². The van der Waals surface area contributed by atoms with E-state index in [1.54, 1.807) is 0 Å². The number of hydrogen-bond donors (Lipinski definition) is 2. The van der Waals surface area contributed by atoms with Gasteiger partial charge in [0.05, 0.1) is 6.04 Å². The SMILES string of the molecule is Cc1nc(SCCC(=O)NC(C)c2ccc3c(c2)CCCC3)n[nH]1. The van der Waals surface area contributed by atoms with Gasteiger partial charge in [0.15, 0.2) is 0 Å². The van der Waals surface area contributed by atoms with Crippen molar-refractivity contribution in [2.24, 2.45) is 0 Å². The Labute approximate surface area is 147 Å². The second-order valence-electron chi connectivity index (χ2n) is 6.33. The summed E-state index contributed by atoms with van der Waals surface area (Å²) in [6.07, 6.45) is 5.38. The third-order valence-electron chi connectivity index (χ3n) is 4.39. The van der Waals surface area contributed by atoms with Gasteiger partial charge in [-0.15, -0.1) is 5.10 Å². The van der Waals surface area contributed by atoms with E-state index in [1.807, 2.05) is 13.8 Å². The van der Waals surface area contributed by atoms with Gasteiger partial charge >= 0.3 is 0 Å². The van der Waals surface area contributed by atoms with Crippen LogP contribution in [0.1, 0.15) is 54.7 Å². The number of amides is 1. The molecule has 2 N–H and O–H groups in total. The van der Waals surface area contributed by atoms with Crippen molar-refractivity contribution in [3.63, 3.8) is 0 Å². The maximum absolute atomic E-state index is 12.1. The van der Waals surface area contributed by atoms with Crippen molar-refractivity contribution in [3.05, 3.63) is 40.7 Å². The molecule has 0 aliphatic heterocycles. The molecular formula is C18H24N4OS. The summed E-state index contributed by atoms with van der Waals surface area (Å²) in [4.78, 5) is 16.4. The molecule has 0 radical (unpaired) electrons. The molecule has 0 saturated carbocycles. The van der Waals surface area contributed by atoms with Gasteiger partial charge in [0.1, 0.15) is 5.82 Å². The van der Waals surface area contributed by atoms with Crippen LogP contribution in [0.15, 0.2) is 23.4 Å². The van der Waals surface area contributed by atoms with Crippen LogP contribution in [-0.4, -0.2) is 26.8 Å². The predicted octanol–water partition coefficient (Wildman–Crippen LogP) is 3.35. The number of aromatic nitrogens is 3. The standard InChI is InChI=1S/C18H24N4OS/c1-12(15-8-7-14-5-3-4-6-16(14)11-15)19-17(23)9-10-24-18-20-13(2)21-22-18/h7-8,11-12H,3-6,9-10H2,1-2H3,(H,19,23)(H,20,21,22). The molecule has 0 fully saturated rings. The molecule has 6 heteroatoms. The molecule has 1 atom stereocenters. The summed E-state index contributed by atoms with van der Waals surface area (Å²) in [5, 5.41) is 10.7. The lowest BCUT2D eigenvalue weighted by molar-refractivity contribution is -0.121. The van der Waals surface area contributed by atoms with Crippen molar-refractivity contribution in [1.29, 1.82) is 0 Å². The first kappa shape index (κ1) is 17.0. The molecule has 128 valence electrons. The second-order valence-corrected chi connectivity index (χ2v) is 7.39. The van der Waals surface area contributed by atoms with Crippen LogP contribution in [0.4, 0.5) is 0 Å². The predicted molar refractivity (Wildman–Crippen MR) is 96.1 cm³/mol. The fourth-order valence-corrected chi connectivity index (χ4v) is 3.82. The fraction of sp³-hybridized carbons (Fsp3) is 0.500. The lowest BCUT2D eigenvalue weighted by Crippen LogP contribution is -2.27. The number of fused-ring (bicyclic) bond motifs is 1. The van der Waals surface area contributed by atoms with Crippen molar-refractivity contribution < 1.29 is 4.79 Å². The molecule has 3 rings (SSSR count). The summed E-state index contributed by atoms with van der Waals surface area (Å²) in [5.74, 6) is 1.54. The fourth-order valence-electron chi connectivity index (χ4n) is 3.04. The third kappa shape index (κ3) is 4.38. The topological polar surface area (TPSA) is 70.7 Å². The van der Waals surface area contributed by atoms with Gasteiger partial charge in [-0.1, -0.05) is 30.0 Å². The quantitative estimate of drug-likeness (QED) is 0.789. The smallest absolute Gasteiger partial charge is 0.221 e. The van der Waals surface area contributed by atoms with Crippen LogP contribution in [0, 0.1) is 6.92 Å². The zero-order valence-electron chi connectivity index (χ0n) is 14.3. The number of rotatable bonds is 6. The molecule has 0 saturated heterocycles. The summed E-state index contributed by atoms with van der Waals surface area (Å²) >= 11 is 1.50. The van der Waals surface area contributed by atoms with Crippen molar-refractivity contribution in [2.75, 3.05) is 5.75 Å². The maximum atomic E-state index is 12.1. The molecule has 1 aromatic carbocycles. The molecule has 24 heavy (non-hydrogen) atoms. The summed E-state index contributed by atoms with van der Waals surface area (Å²) in [7, 11) is 0. The Balaban J connectivity index is 1.48. The van der Waals surface area contributed by atoms with Gasteiger partial charge in [-0.05, 0) is 56.2 Å². The number of aryl methyl sites for hydroxylation is 3. The van der Waals surface area contributed by atoms with E-state index in [9.17, 15) is 4.79 Å². The summed E-state index contributed by atoms with van der Waals surface area (Å²) in [6, 6.07) is 6.69. The summed E-state index contributed by atoms with van der Waals surface area (Å²) < 4.78 is 0. The molecule has 1 amide bonds. The Bertz CT molecular complexity index is 713. The number of nitrogens with zero attached hydrogens (tertiary/aromatic N) is 2. The normalized spacial score (nSPS) is 14.9. The first-order valence-corrected chi connectivity index (χ1v) is 9.53. The van der Waals surface area contributed by atoms with E-state index in [0.717, 1.165) is 12.2 Å².